The molecular weight excluding hydrogens is 326 g/mol. The molecule has 3 heterocycles. The minimum atomic E-state index is 0.129. The number of likely N-dealkylation sites (N-methyl/N-ethyl adjacent to an activating group) is 1. The van der Waals surface area contributed by atoms with Crippen LogP contribution < -0.4 is 5.32 Å². The number of amides is 1. The minimum absolute atomic E-state index is 0.129. The van der Waals surface area contributed by atoms with E-state index in [0.717, 1.165) is 57.9 Å². The summed E-state index contributed by atoms with van der Waals surface area (Å²) in [4.78, 5) is 25.0. The lowest BCUT2D eigenvalue weighted by Crippen LogP contribution is -2.60. The molecule has 1 saturated carbocycles. The van der Waals surface area contributed by atoms with Gasteiger partial charge in [0.15, 0.2) is 0 Å². The first-order chi connectivity index (χ1) is 12.6. The van der Waals surface area contributed by atoms with Crippen molar-refractivity contribution in [1.29, 1.82) is 0 Å². The topological polar surface area (TPSA) is 64.3 Å². The summed E-state index contributed by atoms with van der Waals surface area (Å²) >= 11 is 0. The first kappa shape index (κ1) is 18.0. The monoisotopic (exact) mass is 359 g/mol. The number of aromatic amines is 1. The first-order valence-electron chi connectivity index (χ1n) is 10.4. The van der Waals surface area contributed by atoms with Crippen molar-refractivity contribution >= 4 is 5.91 Å². The number of imidazole rings is 1. The summed E-state index contributed by atoms with van der Waals surface area (Å²) in [5, 5.41) is 3.04. The van der Waals surface area contributed by atoms with Crippen LogP contribution in [-0.4, -0.2) is 64.4 Å². The fraction of sp³-hybridized carbons (Fsp3) is 0.800. The summed E-state index contributed by atoms with van der Waals surface area (Å²) in [5.41, 5.74) is 1.37. The smallest absolute Gasteiger partial charge is 0.220 e. The van der Waals surface area contributed by atoms with Gasteiger partial charge in [-0.3, -0.25) is 14.6 Å². The molecule has 144 valence electrons. The number of rotatable bonds is 4. The summed E-state index contributed by atoms with van der Waals surface area (Å²) in [5.74, 6) is 2.20. The van der Waals surface area contributed by atoms with Gasteiger partial charge in [0.2, 0.25) is 5.91 Å². The maximum Gasteiger partial charge on any atom is 0.220 e. The van der Waals surface area contributed by atoms with Crippen LogP contribution >= 0.6 is 0 Å². The molecule has 4 rings (SSSR count). The van der Waals surface area contributed by atoms with Gasteiger partial charge in [-0.25, -0.2) is 4.98 Å². The van der Waals surface area contributed by atoms with Crippen molar-refractivity contribution in [1.82, 2.24) is 25.1 Å². The molecule has 1 aromatic heterocycles. The predicted octanol–water partition coefficient (Wildman–Crippen LogP) is 1.93. The Morgan fingerprint density at radius 2 is 2.12 bits per heavy atom. The van der Waals surface area contributed by atoms with Crippen molar-refractivity contribution in [3.05, 3.63) is 17.7 Å². The molecule has 1 spiro atoms. The van der Waals surface area contributed by atoms with Gasteiger partial charge in [-0.15, -0.1) is 0 Å². The Hall–Kier alpha value is -1.40. The zero-order chi connectivity index (χ0) is 18.0. The second kappa shape index (κ2) is 7.69. The Balaban J connectivity index is 1.37. The van der Waals surface area contributed by atoms with Crippen LogP contribution in [0, 0.1) is 5.92 Å². The highest BCUT2D eigenvalue weighted by atomic mass is 16.1. The zero-order valence-electron chi connectivity index (χ0n) is 16.1. The van der Waals surface area contributed by atoms with Crippen molar-refractivity contribution in [3.8, 4) is 0 Å². The van der Waals surface area contributed by atoms with Gasteiger partial charge in [0.25, 0.3) is 0 Å². The number of nitrogens with one attached hydrogen (secondary N) is 2. The Labute approximate surface area is 156 Å². The molecule has 2 N–H and O–H groups in total. The fourth-order valence-electron chi connectivity index (χ4n) is 5.13. The van der Waals surface area contributed by atoms with E-state index in [4.69, 9.17) is 0 Å². The highest BCUT2D eigenvalue weighted by molar-refractivity contribution is 5.76. The molecule has 6 nitrogen and oxygen atoms in total. The lowest BCUT2D eigenvalue weighted by atomic mass is 9.86. The van der Waals surface area contributed by atoms with E-state index in [9.17, 15) is 4.79 Å². The summed E-state index contributed by atoms with van der Waals surface area (Å²) in [6, 6.07) is 0. The van der Waals surface area contributed by atoms with Crippen molar-refractivity contribution in [2.45, 2.75) is 63.5 Å². The van der Waals surface area contributed by atoms with Gasteiger partial charge >= 0.3 is 0 Å². The third kappa shape index (κ3) is 3.96. The van der Waals surface area contributed by atoms with E-state index in [1.165, 1.54) is 37.2 Å². The minimum Gasteiger partial charge on any atom is -0.356 e. The van der Waals surface area contributed by atoms with Crippen molar-refractivity contribution in [3.63, 3.8) is 0 Å². The summed E-state index contributed by atoms with van der Waals surface area (Å²) in [6.45, 7) is 4.92. The molecular formula is C20H33N5O. The van der Waals surface area contributed by atoms with Crippen LogP contribution in [0.15, 0.2) is 6.20 Å². The number of hydrogen-bond acceptors (Lipinski definition) is 4. The molecule has 1 aliphatic carbocycles. The molecule has 0 radical (unpaired) electrons. The number of H-pyrrole nitrogens is 1. The Bertz CT molecular complexity index is 623. The lowest BCUT2D eigenvalue weighted by molar-refractivity contribution is -0.121. The van der Waals surface area contributed by atoms with Gasteiger partial charge < -0.3 is 10.3 Å². The van der Waals surface area contributed by atoms with Gasteiger partial charge in [0.1, 0.15) is 5.82 Å². The second-order valence-corrected chi connectivity index (χ2v) is 8.67. The van der Waals surface area contributed by atoms with Gasteiger partial charge in [-0.05, 0) is 25.8 Å². The average Bonchev–Trinajstić information content (AvgIpc) is 3.25. The molecule has 0 unspecified atom stereocenters. The molecule has 6 heteroatoms. The predicted molar refractivity (Wildman–Crippen MR) is 102 cm³/mol. The molecule has 2 aliphatic heterocycles. The highest BCUT2D eigenvalue weighted by Gasteiger charge is 2.40. The van der Waals surface area contributed by atoms with E-state index in [2.05, 4.69) is 32.1 Å². The van der Waals surface area contributed by atoms with Crippen molar-refractivity contribution in [2.24, 2.45) is 5.92 Å². The van der Waals surface area contributed by atoms with Gasteiger partial charge in [0.05, 0.1) is 0 Å². The highest BCUT2D eigenvalue weighted by Crippen LogP contribution is 2.31. The molecule has 1 aromatic rings. The van der Waals surface area contributed by atoms with E-state index < -0.39 is 0 Å². The third-order valence-electron chi connectivity index (χ3n) is 6.84. The van der Waals surface area contributed by atoms with Crippen LogP contribution in [0.3, 0.4) is 0 Å². The molecule has 3 aliphatic rings. The molecule has 3 fully saturated rings. The SMILES string of the molecule is CN1CCN(Cc2cnc(CC3CCCC3)[nH]2)C[C@@]12CCNC(=O)CC2. The van der Waals surface area contributed by atoms with Gasteiger partial charge in [-0.2, -0.15) is 0 Å². The lowest BCUT2D eigenvalue weighted by Gasteiger charge is -2.49. The van der Waals surface area contributed by atoms with Crippen LogP contribution in [0.5, 0.6) is 0 Å². The molecule has 26 heavy (non-hydrogen) atoms. The van der Waals surface area contributed by atoms with Gasteiger partial charge in [0, 0.05) is 63.0 Å². The number of carbonyl (C=O) groups is 1. The van der Waals surface area contributed by atoms with Crippen LogP contribution in [0.4, 0.5) is 0 Å². The van der Waals surface area contributed by atoms with Crippen LogP contribution in [0.1, 0.15) is 56.5 Å². The molecule has 0 bridgehead atoms. The second-order valence-electron chi connectivity index (χ2n) is 8.67. The third-order valence-corrected chi connectivity index (χ3v) is 6.84. The molecule has 2 saturated heterocycles. The van der Waals surface area contributed by atoms with Crippen LogP contribution in [0.25, 0.3) is 0 Å². The van der Waals surface area contributed by atoms with E-state index in [1.54, 1.807) is 0 Å². The number of hydrogen-bond donors (Lipinski definition) is 2. The number of piperazine rings is 1. The first-order valence-corrected chi connectivity index (χ1v) is 10.4. The fourth-order valence-corrected chi connectivity index (χ4v) is 5.13. The van der Waals surface area contributed by atoms with Crippen LogP contribution in [-0.2, 0) is 17.8 Å². The van der Waals surface area contributed by atoms with E-state index in [1.807, 2.05) is 6.20 Å². The summed E-state index contributed by atoms with van der Waals surface area (Å²) < 4.78 is 0. The zero-order valence-corrected chi connectivity index (χ0v) is 16.1. The van der Waals surface area contributed by atoms with E-state index >= 15 is 0 Å². The van der Waals surface area contributed by atoms with Crippen molar-refractivity contribution < 1.29 is 4.79 Å². The Morgan fingerprint density at radius 3 is 2.96 bits per heavy atom. The Morgan fingerprint density at radius 1 is 1.27 bits per heavy atom. The Kier molecular flexibility index (Phi) is 5.32. The van der Waals surface area contributed by atoms with Gasteiger partial charge in [-0.1, -0.05) is 25.7 Å². The maximum absolute atomic E-state index is 11.8. The number of nitrogens with zero attached hydrogens (tertiary/aromatic N) is 3. The van der Waals surface area contributed by atoms with E-state index in [0.29, 0.717) is 6.42 Å². The maximum atomic E-state index is 11.8. The molecule has 1 atom stereocenters. The van der Waals surface area contributed by atoms with Crippen molar-refractivity contribution in [2.75, 3.05) is 33.2 Å². The average molecular weight is 360 g/mol. The number of aromatic nitrogens is 2. The summed E-state index contributed by atoms with van der Waals surface area (Å²) in [6.07, 6.45) is 11.3. The normalized spacial score (nSPS) is 29.2. The quantitative estimate of drug-likeness (QED) is 0.862. The van der Waals surface area contributed by atoms with Crippen LogP contribution in [0.2, 0.25) is 0 Å². The summed E-state index contributed by atoms with van der Waals surface area (Å²) in [7, 11) is 2.23. The number of carbonyl (C=O) groups excluding carboxylic acids is 1. The van der Waals surface area contributed by atoms with E-state index in [-0.39, 0.29) is 11.4 Å². The largest absolute Gasteiger partial charge is 0.356 e. The molecule has 0 aromatic carbocycles. The standard InChI is InChI=1S/C20H33N5O/c1-24-10-11-25(15-20(24)7-6-19(26)21-9-8-20)14-17-13-22-18(23-17)12-16-4-2-3-5-16/h13,16H,2-12,14-15H2,1H3,(H,21,26)(H,22,23)/t20-/m1/s1. The molecule has 1 amide bonds.